The Morgan fingerprint density at radius 1 is 1.20 bits per heavy atom. The highest BCUT2D eigenvalue weighted by atomic mass is 16.1. The first-order valence-corrected chi connectivity index (χ1v) is 6.08. The Kier molecular flexibility index (Phi) is 7.39. The van der Waals surface area contributed by atoms with Gasteiger partial charge < -0.3 is 11.1 Å². The van der Waals surface area contributed by atoms with Crippen molar-refractivity contribution < 1.29 is 4.79 Å². The highest BCUT2D eigenvalue weighted by Crippen LogP contribution is 2.09. The van der Waals surface area contributed by atoms with Crippen LogP contribution in [0.15, 0.2) is 0 Å². The van der Waals surface area contributed by atoms with Gasteiger partial charge in [0.05, 0.1) is 6.04 Å². The van der Waals surface area contributed by atoms with Crippen LogP contribution in [-0.4, -0.2) is 18.0 Å². The van der Waals surface area contributed by atoms with E-state index in [1.165, 1.54) is 0 Å². The number of carbonyl (C=O) groups is 1. The molecule has 0 heterocycles. The summed E-state index contributed by atoms with van der Waals surface area (Å²) in [6.45, 7) is 8.38. The third-order valence-corrected chi connectivity index (χ3v) is 2.66. The van der Waals surface area contributed by atoms with E-state index in [9.17, 15) is 4.79 Å². The number of nitrogens with two attached hydrogens (primary N) is 1. The number of hydrogen-bond donors (Lipinski definition) is 2. The zero-order valence-corrected chi connectivity index (χ0v) is 10.5. The second kappa shape index (κ2) is 7.69. The molecular formula is C12H26N2O. The van der Waals surface area contributed by atoms with Crippen LogP contribution in [0.3, 0.4) is 0 Å². The predicted molar refractivity (Wildman–Crippen MR) is 64.6 cm³/mol. The van der Waals surface area contributed by atoms with Crippen LogP contribution in [0.1, 0.15) is 53.4 Å². The average Bonchev–Trinajstić information content (AvgIpc) is 2.13. The Hall–Kier alpha value is -0.570. The molecule has 0 bridgehead atoms. The summed E-state index contributed by atoms with van der Waals surface area (Å²) in [7, 11) is 0. The first-order chi connectivity index (χ1) is 7.02. The summed E-state index contributed by atoms with van der Waals surface area (Å²) in [5.41, 5.74) is 5.38. The van der Waals surface area contributed by atoms with Gasteiger partial charge in [0.15, 0.2) is 0 Å². The topological polar surface area (TPSA) is 55.1 Å². The molecule has 0 fully saturated rings. The maximum atomic E-state index is 11.2. The highest BCUT2D eigenvalue weighted by molar-refractivity contribution is 5.80. The van der Waals surface area contributed by atoms with Gasteiger partial charge in [-0.05, 0) is 18.8 Å². The molecule has 0 aliphatic carbocycles. The van der Waals surface area contributed by atoms with Gasteiger partial charge in [0.2, 0.25) is 5.91 Å². The number of hydrogen-bond acceptors (Lipinski definition) is 2. The molecule has 1 amide bonds. The van der Waals surface area contributed by atoms with Gasteiger partial charge in [-0.25, -0.2) is 0 Å². The maximum absolute atomic E-state index is 11.2. The lowest BCUT2D eigenvalue weighted by Crippen LogP contribution is -2.49. The monoisotopic (exact) mass is 214 g/mol. The first-order valence-electron chi connectivity index (χ1n) is 6.08. The summed E-state index contributed by atoms with van der Waals surface area (Å²) in [4.78, 5) is 11.2. The smallest absolute Gasteiger partial charge is 0.234 e. The van der Waals surface area contributed by atoms with Crippen molar-refractivity contribution >= 4 is 5.91 Å². The molecule has 15 heavy (non-hydrogen) atoms. The Bertz CT molecular complexity index is 174. The maximum Gasteiger partial charge on any atom is 0.234 e. The summed E-state index contributed by atoms with van der Waals surface area (Å²) in [6.07, 6.45) is 4.51. The minimum absolute atomic E-state index is 0.187. The molecule has 0 saturated carbocycles. The van der Waals surface area contributed by atoms with Gasteiger partial charge in [-0.3, -0.25) is 4.79 Å². The van der Waals surface area contributed by atoms with Gasteiger partial charge in [0.1, 0.15) is 0 Å². The molecule has 0 aromatic rings. The van der Waals surface area contributed by atoms with E-state index in [1.807, 2.05) is 13.8 Å². The van der Waals surface area contributed by atoms with E-state index in [-0.39, 0.29) is 17.9 Å². The Balaban J connectivity index is 4.25. The van der Waals surface area contributed by atoms with Gasteiger partial charge in [-0.2, -0.15) is 0 Å². The van der Waals surface area contributed by atoms with Crippen molar-refractivity contribution in [2.24, 2.45) is 11.7 Å². The van der Waals surface area contributed by atoms with Crippen LogP contribution in [0.2, 0.25) is 0 Å². The minimum Gasteiger partial charge on any atom is -0.368 e. The van der Waals surface area contributed by atoms with Crippen LogP contribution in [-0.2, 0) is 4.79 Å². The molecule has 3 heteroatoms. The average molecular weight is 214 g/mol. The van der Waals surface area contributed by atoms with Crippen LogP contribution < -0.4 is 11.1 Å². The molecule has 0 radical (unpaired) electrons. The van der Waals surface area contributed by atoms with Crippen molar-refractivity contribution in [3.63, 3.8) is 0 Å². The van der Waals surface area contributed by atoms with E-state index in [1.54, 1.807) is 0 Å². The zero-order chi connectivity index (χ0) is 11.8. The molecule has 0 aromatic heterocycles. The lowest BCUT2D eigenvalue weighted by atomic mass is 9.99. The van der Waals surface area contributed by atoms with E-state index in [4.69, 9.17) is 5.73 Å². The standard InChI is InChI=1S/C12H26N2O/c1-5-7-10(8-6-2)14-11(9(3)4)12(13)15/h9-11,14H,5-8H2,1-4H3,(H2,13,15). The third-order valence-electron chi connectivity index (χ3n) is 2.66. The van der Waals surface area contributed by atoms with Gasteiger partial charge in [0, 0.05) is 6.04 Å². The second-order valence-electron chi connectivity index (χ2n) is 4.56. The van der Waals surface area contributed by atoms with E-state index < -0.39 is 0 Å². The summed E-state index contributed by atoms with van der Waals surface area (Å²) >= 11 is 0. The summed E-state index contributed by atoms with van der Waals surface area (Å²) in [5, 5.41) is 3.38. The fourth-order valence-electron chi connectivity index (χ4n) is 1.86. The summed E-state index contributed by atoms with van der Waals surface area (Å²) in [6, 6.07) is 0.244. The fourth-order valence-corrected chi connectivity index (χ4v) is 1.86. The molecule has 0 aliphatic heterocycles. The summed E-state index contributed by atoms with van der Waals surface area (Å²) < 4.78 is 0. The molecule has 0 aromatic carbocycles. The van der Waals surface area contributed by atoms with Gasteiger partial charge >= 0.3 is 0 Å². The van der Waals surface area contributed by atoms with Crippen molar-refractivity contribution in [2.45, 2.75) is 65.5 Å². The minimum atomic E-state index is -0.234. The van der Waals surface area contributed by atoms with Crippen LogP contribution >= 0.6 is 0 Å². The van der Waals surface area contributed by atoms with Crippen LogP contribution in [0.5, 0.6) is 0 Å². The first kappa shape index (κ1) is 14.4. The van der Waals surface area contributed by atoms with Crippen molar-refractivity contribution in [2.75, 3.05) is 0 Å². The van der Waals surface area contributed by atoms with Crippen LogP contribution in [0.4, 0.5) is 0 Å². The molecule has 3 N–H and O–H groups in total. The molecule has 90 valence electrons. The molecule has 3 nitrogen and oxygen atoms in total. The molecule has 0 saturated heterocycles. The van der Waals surface area contributed by atoms with Crippen LogP contribution in [0, 0.1) is 5.92 Å². The Labute approximate surface area is 93.8 Å². The number of nitrogens with one attached hydrogen (secondary N) is 1. The molecule has 0 aliphatic rings. The number of amides is 1. The van der Waals surface area contributed by atoms with Gasteiger partial charge in [-0.15, -0.1) is 0 Å². The lowest BCUT2D eigenvalue weighted by molar-refractivity contribution is -0.121. The fraction of sp³-hybridized carbons (Fsp3) is 0.917. The Morgan fingerprint density at radius 3 is 1.93 bits per heavy atom. The number of carbonyl (C=O) groups excluding carboxylic acids is 1. The highest BCUT2D eigenvalue weighted by Gasteiger charge is 2.21. The van der Waals surface area contributed by atoms with Crippen molar-refractivity contribution in [3.05, 3.63) is 0 Å². The van der Waals surface area contributed by atoms with Gasteiger partial charge in [0.25, 0.3) is 0 Å². The van der Waals surface area contributed by atoms with E-state index in [2.05, 4.69) is 19.2 Å². The largest absolute Gasteiger partial charge is 0.368 e. The molecule has 0 rings (SSSR count). The normalized spacial score (nSPS) is 13.5. The van der Waals surface area contributed by atoms with Gasteiger partial charge in [-0.1, -0.05) is 40.5 Å². The van der Waals surface area contributed by atoms with Crippen LogP contribution in [0.25, 0.3) is 0 Å². The molecule has 1 atom stereocenters. The zero-order valence-electron chi connectivity index (χ0n) is 10.5. The Morgan fingerprint density at radius 2 is 1.67 bits per heavy atom. The van der Waals surface area contributed by atoms with Crippen molar-refractivity contribution in [1.29, 1.82) is 0 Å². The van der Waals surface area contributed by atoms with E-state index in [0.717, 1.165) is 25.7 Å². The third kappa shape index (κ3) is 5.78. The van der Waals surface area contributed by atoms with Crippen molar-refractivity contribution in [1.82, 2.24) is 5.32 Å². The SMILES string of the molecule is CCCC(CCC)NC(C(N)=O)C(C)C. The van der Waals surface area contributed by atoms with E-state index in [0.29, 0.717) is 6.04 Å². The summed E-state index contributed by atoms with van der Waals surface area (Å²) in [5.74, 6) is 0.0286. The second-order valence-corrected chi connectivity index (χ2v) is 4.56. The molecule has 1 unspecified atom stereocenters. The number of primary amides is 1. The van der Waals surface area contributed by atoms with E-state index >= 15 is 0 Å². The quantitative estimate of drug-likeness (QED) is 0.650. The van der Waals surface area contributed by atoms with Crippen molar-refractivity contribution in [3.8, 4) is 0 Å². The predicted octanol–water partition coefficient (Wildman–Crippen LogP) is 2.05. The number of rotatable bonds is 8. The molecular weight excluding hydrogens is 188 g/mol. The lowest BCUT2D eigenvalue weighted by Gasteiger charge is -2.25. The molecule has 0 spiro atoms.